The van der Waals surface area contributed by atoms with Crippen LogP contribution in [0.3, 0.4) is 0 Å². The van der Waals surface area contributed by atoms with Crippen molar-refractivity contribution in [2.45, 2.75) is 58.3 Å². The largest absolute Gasteiger partial charge is 0.508 e. The molecule has 0 aliphatic heterocycles. The number of rotatable bonds is 8. The van der Waals surface area contributed by atoms with E-state index in [0.717, 1.165) is 18.4 Å². The first kappa shape index (κ1) is 14.0. The summed E-state index contributed by atoms with van der Waals surface area (Å²) in [7, 11) is 0. The van der Waals surface area contributed by atoms with Crippen molar-refractivity contribution in [3.05, 3.63) is 29.6 Å². The Bertz CT molecular complexity index is 323. The molecule has 0 atom stereocenters. The minimum absolute atomic E-state index is 0.00538. The fourth-order valence-electron chi connectivity index (χ4n) is 2.01. The first-order valence-corrected chi connectivity index (χ1v) is 6.71. The molecular formula is C15H23FO. The van der Waals surface area contributed by atoms with Crippen LogP contribution < -0.4 is 0 Å². The second-order valence-corrected chi connectivity index (χ2v) is 4.65. The summed E-state index contributed by atoms with van der Waals surface area (Å²) in [6.07, 6.45) is 9.46. The molecule has 1 aromatic carbocycles. The third-order valence-corrected chi connectivity index (χ3v) is 3.09. The second kappa shape index (κ2) is 8.10. The zero-order chi connectivity index (χ0) is 12.5. The Morgan fingerprint density at radius 1 is 1.00 bits per heavy atom. The Kier molecular flexibility index (Phi) is 6.68. The zero-order valence-corrected chi connectivity index (χ0v) is 10.7. The first-order chi connectivity index (χ1) is 8.24. The van der Waals surface area contributed by atoms with Gasteiger partial charge in [0.05, 0.1) is 0 Å². The lowest BCUT2D eigenvalue weighted by Crippen LogP contribution is -1.90. The number of halogens is 1. The highest BCUT2D eigenvalue weighted by Gasteiger charge is 2.02. The maximum absolute atomic E-state index is 13.4. The van der Waals surface area contributed by atoms with Crippen molar-refractivity contribution in [1.82, 2.24) is 0 Å². The van der Waals surface area contributed by atoms with E-state index in [1.54, 1.807) is 12.1 Å². The van der Waals surface area contributed by atoms with Crippen molar-refractivity contribution in [1.29, 1.82) is 0 Å². The summed E-state index contributed by atoms with van der Waals surface area (Å²) < 4.78 is 13.4. The smallest absolute Gasteiger partial charge is 0.130 e. The minimum Gasteiger partial charge on any atom is -0.508 e. The van der Waals surface area contributed by atoms with Crippen molar-refractivity contribution < 1.29 is 9.50 Å². The van der Waals surface area contributed by atoms with E-state index >= 15 is 0 Å². The normalized spacial score (nSPS) is 10.7. The van der Waals surface area contributed by atoms with Gasteiger partial charge >= 0.3 is 0 Å². The fraction of sp³-hybridized carbons (Fsp3) is 0.600. The van der Waals surface area contributed by atoms with Gasteiger partial charge in [0.25, 0.3) is 0 Å². The van der Waals surface area contributed by atoms with Crippen LogP contribution >= 0.6 is 0 Å². The molecule has 2 heteroatoms. The molecule has 0 spiro atoms. The van der Waals surface area contributed by atoms with Crippen LogP contribution in [0.5, 0.6) is 5.75 Å². The zero-order valence-electron chi connectivity index (χ0n) is 10.7. The molecule has 0 bridgehead atoms. The summed E-state index contributed by atoms with van der Waals surface area (Å²) in [5, 5.41) is 9.09. The van der Waals surface area contributed by atoms with Crippen molar-refractivity contribution in [3.8, 4) is 5.75 Å². The van der Waals surface area contributed by atoms with Gasteiger partial charge in [-0.1, -0.05) is 51.5 Å². The molecule has 0 fully saturated rings. The predicted molar refractivity (Wildman–Crippen MR) is 69.8 cm³/mol. The van der Waals surface area contributed by atoms with Crippen molar-refractivity contribution in [2.75, 3.05) is 0 Å². The number of phenolic OH excluding ortho intramolecular Hbond substituents is 1. The Labute approximate surface area is 104 Å². The number of phenols is 1. The van der Waals surface area contributed by atoms with Gasteiger partial charge in [-0.05, 0) is 24.5 Å². The Balaban J connectivity index is 2.14. The van der Waals surface area contributed by atoms with E-state index in [9.17, 15) is 4.39 Å². The highest BCUT2D eigenvalue weighted by molar-refractivity contribution is 5.27. The highest BCUT2D eigenvalue weighted by Crippen LogP contribution is 2.17. The Morgan fingerprint density at radius 2 is 1.65 bits per heavy atom. The van der Waals surface area contributed by atoms with Gasteiger partial charge in [0, 0.05) is 6.07 Å². The standard InChI is InChI=1S/C15H23FO/c1-2-3-4-5-6-7-8-9-13-10-11-14(17)12-15(13)16/h10-12,17H,2-9H2,1H3. The lowest BCUT2D eigenvalue weighted by Gasteiger charge is -2.04. The molecule has 0 aliphatic carbocycles. The van der Waals surface area contributed by atoms with Crippen LogP contribution in [0.1, 0.15) is 57.4 Å². The van der Waals surface area contributed by atoms with E-state index < -0.39 is 0 Å². The highest BCUT2D eigenvalue weighted by atomic mass is 19.1. The molecule has 0 unspecified atom stereocenters. The van der Waals surface area contributed by atoms with Crippen molar-refractivity contribution >= 4 is 0 Å². The summed E-state index contributed by atoms with van der Waals surface area (Å²) in [5.41, 5.74) is 0.719. The summed E-state index contributed by atoms with van der Waals surface area (Å²) in [6, 6.07) is 4.43. The fourth-order valence-corrected chi connectivity index (χ4v) is 2.01. The van der Waals surface area contributed by atoms with E-state index in [0.29, 0.717) is 0 Å². The van der Waals surface area contributed by atoms with E-state index in [2.05, 4.69) is 6.92 Å². The average Bonchev–Trinajstić information content (AvgIpc) is 2.30. The maximum atomic E-state index is 13.4. The molecule has 1 nitrogen and oxygen atoms in total. The third kappa shape index (κ3) is 5.71. The van der Waals surface area contributed by atoms with E-state index in [1.165, 1.54) is 44.6 Å². The monoisotopic (exact) mass is 238 g/mol. The minimum atomic E-state index is -0.281. The lowest BCUT2D eigenvalue weighted by molar-refractivity contribution is 0.467. The van der Waals surface area contributed by atoms with Gasteiger partial charge in [0.15, 0.2) is 0 Å². The second-order valence-electron chi connectivity index (χ2n) is 4.65. The van der Waals surface area contributed by atoms with Crippen LogP contribution in [0.15, 0.2) is 18.2 Å². The summed E-state index contributed by atoms with van der Waals surface area (Å²) in [5.74, 6) is -0.276. The van der Waals surface area contributed by atoms with Gasteiger partial charge in [-0.15, -0.1) is 0 Å². The number of hydrogen-bond acceptors (Lipinski definition) is 1. The number of unbranched alkanes of at least 4 members (excludes halogenated alkanes) is 6. The SMILES string of the molecule is CCCCCCCCCc1ccc(O)cc1F. The summed E-state index contributed by atoms with van der Waals surface area (Å²) in [4.78, 5) is 0. The molecule has 1 rings (SSSR count). The quantitative estimate of drug-likeness (QED) is 0.643. The molecule has 0 aromatic heterocycles. The first-order valence-electron chi connectivity index (χ1n) is 6.71. The number of hydrogen-bond donors (Lipinski definition) is 1. The van der Waals surface area contributed by atoms with Gasteiger partial charge in [-0.3, -0.25) is 0 Å². The molecule has 96 valence electrons. The molecular weight excluding hydrogens is 215 g/mol. The van der Waals surface area contributed by atoms with Crippen LogP contribution in [0.4, 0.5) is 4.39 Å². The van der Waals surface area contributed by atoms with Gasteiger partial charge in [-0.2, -0.15) is 0 Å². The molecule has 0 radical (unpaired) electrons. The molecule has 0 amide bonds. The molecule has 0 saturated carbocycles. The van der Waals surface area contributed by atoms with Crippen LogP contribution in [-0.4, -0.2) is 5.11 Å². The lowest BCUT2D eigenvalue weighted by atomic mass is 10.0. The van der Waals surface area contributed by atoms with Crippen LogP contribution in [0.25, 0.3) is 0 Å². The van der Waals surface area contributed by atoms with Gasteiger partial charge < -0.3 is 5.11 Å². The van der Waals surface area contributed by atoms with Crippen LogP contribution in [-0.2, 0) is 6.42 Å². The van der Waals surface area contributed by atoms with Crippen molar-refractivity contribution in [2.24, 2.45) is 0 Å². The van der Waals surface area contributed by atoms with Crippen LogP contribution in [0.2, 0.25) is 0 Å². The number of aromatic hydroxyl groups is 1. The average molecular weight is 238 g/mol. The Morgan fingerprint density at radius 3 is 2.29 bits per heavy atom. The van der Waals surface area contributed by atoms with Crippen molar-refractivity contribution in [3.63, 3.8) is 0 Å². The summed E-state index contributed by atoms with van der Waals surface area (Å²) >= 11 is 0. The van der Waals surface area contributed by atoms with E-state index in [1.807, 2.05) is 0 Å². The molecule has 0 heterocycles. The van der Waals surface area contributed by atoms with Gasteiger partial charge in [-0.25, -0.2) is 4.39 Å². The molecule has 17 heavy (non-hydrogen) atoms. The molecule has 0 saturated heterocycles. The number of aryl methyl sites for hydroxylation is 1. The third-order valence-electron chi connectivity index (χ3n) is 3.09. The molecule has 1 aromatic rings. The topological polar surface area (TPSA) is 20.2 Å². The van der Waals surface area contributed by atoms with Gasteiger partial charge in [0.1, 0.15) is 11.6 Å². The molecule has 1 N–H and O–H groups in total. The van der Waals surface area contributed by atoms with Crippen LogP contribution in [0, 0.1) is 5.82 Å². The maximum Gasteiger partial charge on any atom is 0.130 e. The Hall–Kier alpha value is -1.05. The van der Waals surface area contributed by atoms with E-state index in [-0.39, 0.29) is 11.6 Å². The number of benzene rings is 1. The predicted octanol–water partition coefficient (Wildman–Crippen LogP) is 4.82. The molecule has 0 aliphatic rings. The summed E-state index contributed by atoms with van der Waals surface area (Å²) in [6.45, 7) is 2.22. The van der Waals surface area contributed by atoms with Gasteiger partial charge in [0.2, 0.25) is 0 Å². The van der Waals surface area contributed by atoms with E-state index in [4.69, 9.17) is 5.11 Å².